The van der Waals surface area contributed by atoms with Crippen LogP contribution in [0, 0.1) is 19.7 Å². The highest BCUT2D eigenvalue weighted by Crippen LogP contribution is 2.42. The van der Waals surface area contributed by atoms with Crippen LogP contribution in [0.2, 0.25) is 15.1 Å². The molecule has 1 N–H and O–H groups in total. The number of ether oxygens (including phenoxy) is 1. The van der Waals surface area contributed by atoms with Gasteiger partial charge >= 0.3 is 0 Å². The van der Waals surface area contributed by atoms with Gasteiger partial charge in [0.25, 0.3) is 5.91 Å². The second-order valence-corrected chi connectivity index (χ2v) is 8.17. The monoisotopic (exact) mass is 492 g/mol. The van der Waals surface area contributed by atoms with Crippen molar-refractivity contribution in [1.82, 2.24) is 4.98 Å². The van der Waals surface area contributed by atoms with Crippen LogP contribution in [0.4, 0.5) is 10.1 Å². The summed E-state index contributed by atoms with van der Waals surface area (Å²) >= 11 is 18.7. The van der Waals surface area contributed by atoms with Gasteiger partial charge in [0.2, 0.25) is 5.89 Å². The lowest BCUT2D eigenvalue weighted by Gasteiger charge is -2.15. The van der Waals surface area contributed by atoms with Gasteiger partial charge in [0.15, 0.2) is 17.9 Å². The number of nitrogens with one attached hydrogen (secondary N) is 1. The molecule has 0 spiro atoms. The molecule has 4 rings (SSSR count). The zero-order valence-corrected chi connectivity index (χ0v) is 19.2. The highest BCUT2D eigenvalue weighted by atomic mass is 35.5. The van der Waals surface area contributed by atoms with Crippen LogP contribution < -0.4 is 10.1 Å². The molecular weight excluding hydrogens is 478 g/mol. The summed E-state index contributed by atoms with van der Waals surface area (Å²) in [5, 5.41) is 3.67. The van der Waals surface area contributed by atoms with E-state index in [1.165, 1.54) is 6.07 Å². The van der Waals surface area contributed by atoms with E-state index >= 15 is 0 Å². The van der Waals surface area contributed by atoms with E-state index in [0.29, 0.717) is 32.9 Å². The Morgan fingerprint density at radius 1 is 1.06 bits per heavy atom. The van der Waals surface area contributed by atoms with Crippen LogP contribution in [-0.4, -0.2) is 17.5 Å². The van der Waals surface area contributed by atoms with Crippen LogP contribution in [0.15, 0.2) is 46.9 Å². The number of hydrogen-bond acceptors (Lipinski definition) is 4. The van der Waals surface area contributed by atoms with Crippen LogP contribution in [0.1, 0.15) is 11.1 Å². The molecule has 32 heavy (non-hydrogen) atoms. The summed E-state index contributed by atoms with van der Waals surface area (Å²) in [5.74, 6) is -0.513. The van der Waals surface area contributed by atoms with E-state index in [2.05, 4.69) is 10.3 Å². The van der Waals surface area contributed by atoms with E-state index in [-0.39, 0.29) is 33.9 Å². The van der Waals surface area contributed by atoms with Crippen LogP contribution in [0.3, 0.4) is 0 Å². The van der Waals surface area contributed by atoms with Crippen molar-refractivity contribution in [3.05, 3.63) is 74.5 Å². The summed E-state index contributed by atoms with van der Waals surface area (Å²) in [5.41, 5.74) is 2.89. The Kier molecular flexibility index (Phi) is 6.29. The third kappa shape index (κ3) is 4.26. The van der Waals surface area contributed by atoms with Crippen LogP contribution in [-0.2, 0) is 4.79 Å². The summed E-state index contributed by atoms with van der Waals surface area (Å²) < 4.78 is 25.2. The van der Waals surface area contributed by atoms with Crippen molar-refractivity contribution in [3.8, 4) is 17.2 Å². The Labute approximate surface area is 198 Å². The summed E-state index contributed by atoms with van der Waals surface area (Å²) in [6.07, 6.45) is 0. The minimum absolute atomic E-state index is 0.155. The summed E-state index contributed by atoms with van der Waals surface area (Å²) in [6, 6.07) is 11.1. The smallest absolute Gasteiger partial charge is 0.262 e. The highest BCUT2D eigenvalue weighted by Gasteiger charge is 2.19. The number of fused-ring (bicyclic) bond motifs is 1. The van der Waals surface area contributed by atoms with Crippen LogP contribution >= 0.6 is 34.8 Å². The number of oxazole rings is 1. The molecular formula is C23H16Cl3FN2O3. The van der Waals surface area contributed by atoms with Crippen molar-refractivity contribution >= 4 is 57.5 Å². The number of hydrogen-bond donors (Lipinski definition) is 1. The molecule has 0 aliphatic heterocycles. The number of halogens is 4. The maximum absolute atomic E-state index is 14.0. The molecule has 0 fully saturated rings. The van der Waals surface area contributed by atoms with Crippen molar-refractivity contribution in [2.45, 2.75) is 13.8 Å². The minimum Gasteiger partial charge on any atom is -0.481 e. The molecule has 1 heterocycles. The molecule has 9 heteroatoms. The van der Waals surface area contributed by atoms with E-state index in [1.807, 2.05) is 0 Å². The van der Waals surface area contributed by atoms with Gasteiger partial charge in [0, 0.05) is 10.7 Å². The van der Waals surface area contributed by atoms with Gasteiger partial charge in [-0.3, -0.25) is 4.79 Å². The van der Waals surface area contributed by atoms with Gasteiger partial charge in [0.05, 0.1) is 15.6 Å². The van der Waals surface area contributed by atoms with Crippen molar-refractivity contribution in [1.29, 1.82) is 0 Å². The molecule has 1 aromatic heterocycles. The molecule has 4 aromatic rings. The second kappa shape index (κ2) is 8.98. The first-order valence-electron chi connectivity index (χ1n) is 9.48. The number of benzene rings is 3. The van der Waals surface area contributed by atoms with Crippen molar-refractivity contribution in [3.63, 3.8) is 0 Å². The summed E-state index contributed by atoms with van der Waals surface area (Å²) in [7, 11) is 0. The SMILES string of the molecule is Cc1c(Cl)c(C)c(Cl)c(OCC(=O)Nc2ccc3oc(-c4ccccc4F)nc3c2)c1Cl. The number of nitrogens with zero attached hydrogens (tertiary/aromatic N) is 1. The van der Waals surface area contributed by atoms with E-state index in [0.717, 1.165) is 0 Å². The Balaban J connectivity index is 1.49. The standard InChI is InChI=1S/C23H16Cl3FN2O3/c1-11-19(24)12(2)21(26)22(20(11)25)31-10-18(30)28-13-7-8-17-16(9-13)29-23(32-17)14-5-3-4-6-15(14)27/h3-9H,10H2,1-2H3,(H,28,30). The number of rotatable bonds is 5. The van der Waals surface area contributed by atoms with Crippen molar-refractivity contribution in [2.75, 3.05) is 11.9 Å². The fourth-order valence-corrected chi connectivity index (χ4v) is 3.95. The van der Waals surface area contributed by atoms with Crippen LogP contribution in [0.25, 0.3) is 22.6 Å². The Hall–Kier alpha value is -2.80. The van der Waals surface area contributed by atoms with Gasteiger partial charge in [-0.05, 0) is 55.3 Å². The summed E-state index contributed by atoms with van der Waals surface area (Å²) in [6.45, 7) is 3.16. The lowest BCUT2D eigenvalue weighted by Crippen LogP contribution is -2.20. The maximum Gasteiger partial charge on any atom is 0.262 e. The Bertz CT molecular complexity index is 1330. The van der Waals surface area contributed by atoms with Crippen molar-refractivity contribution in [2.24, 2.45) is 0 Å². The first-order valence-corrected chi connectivity index (χ1v) is 10.6. The number of carbonyl (C=O) groups is 1. The van der Waals surface area contributed by atoms with Crippen LogP contribution in [0.5, 0.6) is 5.75 Å². The van der Waals surface area contributed by atoms with E-state index < -0.39 is 11.7 Å². The molecule has 5 nitrogen and oxygen atoms in total. The number of carbonyl (C=O) groups excluding carboxylic acids is 1. The number of amides is 1. The van der Waals surface area contributed by atoms with Gasteiger partial charge < -0.3 is 14.5 Å². The largest absolute Gasteiger partial charge is 0.481 e. The van der Waals surface area contributed by atoms with Gasteiger partial charge in [-0.25, -0.2) is 9.37 Å². The molecule has 164 valence electrons. The van der Waals surface area contributed by atoms with Gasteiger partial charge in [-0.2, -0.15) is 0 Å². The summed E-state index contributed by atoms with van der Waals surface area (Å²) in [4.78, 5) is 16.7. The fraction of sp³-hybridized carbons (Fsp3) is 0.130. The second-order valence-electron chi connectivity index (χ2n) is 7.04. The number of anilines is 1. The maximum atomic E-state index is 14.0. The molecule has 1 amide bonds. The Morgan fingerprint density at radius 3 is 2.44 bits per heavy atom. The zero-order valence-electron chi connectivity index (χ0n) is 16.9. The lowest BCUT2D eigenvalue weighted by atomic mass is 10.1. The molecule has 0 aliphatic rings. The molecule has 0 unspecified atom stereocenters. The molecule has 0 radical (unpaired) electrons. The molecule has 0 saturated carbocycles. The quantitative estimate of drug-likeness (QED) is 0.318. The first kappa shape index (κ1) is 22.4. The zero-order chi connectivity index (χ0) is 23.0. The average molecular weight is 494 g/mol. The third-order valence-electron chi connectivity index (χ3n) is 4.84. The van der Waals surface area contributed by atoms with Crippen molar-refractivity contribution < 1.29 is 18.3 Å². The first-order chi connectivity index (χ1) is 15.3. The van der Waals surface area contributed by atoms with Gasteiger partial charge in [0.1, 0.15) is 11.3 Å². The molecule has 0 saturated heterocycles. The minimum atomic E-state index is -0.435. The number of aromatic nitrogens is 1. The van der Waals surface area contributed by atoms with Gasteiger partial charge in [-0.1, -0.05) is 46.9 Å². The Morgan fingerprint density at radius 2 is 1.75 bits per heavy atom. The lowest BCUT2D eigenvalue weighted by molar-refractivity contribution is -0.118. The van der Waals surface area contributed by atoms with E-state index in [4.69, 9.17) is 44.0 Å². The topological polar surface area (TPSA) is 64.4 Å². The molecule has 0 atom stereocenters. The predicted octanol–water partition coefficient (Wildman–Crippen LogP) is 7.23. The highest BCUT2D eigenvalue weighted by molar-refractivity contribution is 6.42. The predicted molar refractivity (Wildman–Crippen MR) is 124 cm³/mol. The molecule has 0 aliphatic carbocycles. The normalized spacial score (nSPS) is 11.1. The van der Waals surface area contributed by atoms with E-state index in [9.17, 15) is 9.18 Å². The fourth-order valence-electron chi connectivity index (χ4n) is 3.13. The van der Waals surface area contributed by atoms with Gasteiger partial charge in [-0.15, -0.1) is 0 Å². The van der Waals surface area contributed by atoms with E-state index in [1.54, 1.807) is 50.2 Å². The molecule has 0 bridgehead atoms. The average Bonchev–Trinajstić information content (AvgIpc) is 3.19. The molecule has 3 aromatic carbocycles. The third-order valence-corrected chi connectivity index (χ3v) is 6.32.